The minimum Gasteiger partial charge on any atom is -0.330 e. The summed E-state index contributed by atoms with van der Waals surface area (Å²) in [5.74, 6) is 0.517. The summed E-state index contributed by atoms with van der Waals surface area (Å²) >= 11 is 0. The molecule has 0 aliphatic heterocycles. The number of nitrogens with two attached hydrogens (primary N) is 1. The van der Waals surface area contributed by atoms with Crippen molar-refractivity contribution in [3.05, 3.63) is 18.2 Å². The van der Waals surface area contributed by atoms with Crippen molar-refractivity contribution in [2.24, 2.45) is 5.73 Å². The Hall–Kier alpha value is -0.830. The summed E-state index contributed by atoms with van der Waals surface area (Å²) in [7, 11) is 0. The Labute approximate surface area is 80.0 Å². The molecule has 3 heteroatoms. The fourth-order valence-corrected chi connectivity index (χ4v) is 1.54. The van der Waals surface area contributed by atoms with E-state index in [0.717, 1.165) is 6.42 Å². The summed E-state index contributed by atoms with van der Waals surface area (Å²) in [4.78, 5) is 4.17. The van der Waals surface area contributed by atoms with E-state index in [1.807, 2.05) is 12.5 Å². The van der Waals surface area contributed by atoms with E-state index < -0.39 is 0 Å². The van der Waals surface area contributed by atoms with Crippen LogP contribution in [-0.4, -0.2) is 16.1 Å². The van der Waals surface area contributed by atoms with Crippen molar-refractivity contribution in [3.8, 4) is 0 Å². The number of hydrogen-bond acceptors (Lipinski definition) is 2. The van der Waals surface area contributed by atoms with Gasteiger partial charge in [0.1, 0.15) is 0 Å². The molecule has 0 aromatic carbocycles. The third-order valence-electron chi connectivity index (χ3n) is 2.42. The Kier molecular flexibility index (Phi) is 3.48. The van der Waals surface area contributed by atoms with Crippen LogP contribution in [0, 0.1) is 0 Å². The molecule has 1 heterocycles. The highest BCUT2D eigenvalue weighted by atomic mass is 15.1. The lowest BCUT2D eigenvalue weighted by Gasteiger charge is -2.18. The Morgan fingerprint density at radius 1 is 1.54 bits per heavy atom. The third-order valence-corrected chi connectivity index (χ3v) is 2.42. The molecule has 0 saturated carbocycles. The standard InChI is InChI=1S/C10H19N3/c1-4-9(5-11)13-7-12-6-10(13)8(2)3/h6-9H,4-5,11H2,1-3H3. The molecule has 0 saturated heterocycles. The molecule has 0 amide bonds. The monoisotopic (exact) mass is 181 g/mol. The first-order chi connectivity index (χ1) is 6.20. The summed E-state index contributed by atoms with van der Waals surface area (Å²) in [5.41, 5.74) is 6.97. The van der Waals surface area contributed by atoms with Crippen LogP contribution in [0.3, 0.4) is 0 Å². The average molecular weight is 181 g/mol. The van der Waals surface area contributed by atoms with E-state index in [4.69, 9.17) is 5.73 Å². The molecule has 0 aliphatic carbocycles. The zero-order valence-electron chi connectivity index (χ0n) is 8.70. The van der Waals surface area contributed by atoms with Gasteiger partial charge < -0.3 is 10.3 Å². The van der Waals surface area contributed by atoms with Gasteiger partial charge in [-0.05, 0) is 12.3 Å². The molecular formula is C10H19N3. The highest BCUT2D eigenvalue weighted by Crippen LogP contribution is 2.19. The number of aromatic nitrogens is 2. The molecule has 74 valence electrons. The van der Waals surface area contributed by atoms with Gasteiger partial charge in [0.2, 0.25) is 0 Å². The molecule has 1 aromatic heterocycles. The SMILES string of the molecule is CCC(CN)n1cncc1C(C)C. The maximum Gasteiger partial charge on any atom is 0.0951 e. The van der Waals surface area contributed by atoms with E-state index in [2.05, 4.69) is 30.3 Å². The quantitative estimate of drug-likeness (QED) is 0.771. The van der Waals surface area contributed by atoms with Crippen LogP contribution in [0.4, 0.5) is 0 Å². The van der Waals surface area contributed by atoms with Gasteiger partial charge in [-0.25, -0.2) is 4.98 Å². The summed E-state index contributed by atoms with van der Waals surface area (Å²) in [6.07, 6.45) is 4.88. The van der Waals surface area contributed by atoms with Crippen LogP contribution in [-0.2, 0) is 0 Å². The molecule has 3 nitrogen and oxygen atoms in total. The van der Waals surface area contributed by atoms with Crippen molar-refractivity contribution in [3.63, 3.8) is 0 Å². The smallest absolute Gasteiger partial charge is 0.0951 e. The van der Waals surface area contributed by atoms with Gasteiger partial charge in [0.05, 0.1) is 6.33 Å². The molecule has 0 spiro atoms. The highest BCUT2D eigenvalue weighted by Gasteiger charge is 2.12. The molecule has 1 aromatic rings. The maximum absolute atomic E-state index is 5.69. The predicted molar refractivity (Wildman–Crippen MR) is 54.7 cm³/mol. The minimum atomic E-state index is 0.403. The number of rotatable bonds is 4. The normalized spacial score (nSPS) is 13.6. The lowest BCUT2D eigenvalue weighted by molar-refractivity contribution is 0.473. The maximum atomic E-state index is 5.69. The van der Waals surface area contributed by atoms with E-state index >= 15 is 0 Å². The summed E-state index contributed by atoms with van der Waals surface area (Å²) < 4.78 is 2.20. The van der Waals surface area contributed by atoms with Crippen molar-refractivity contribution in [2.75, 3.05) is 6.54 Å². The molecule has 0 bridgehead atoms. The lowest BCUT2D eigenvalue weighted by Crippen LogP contribution is -2.19. The van der Waals surface area contributed by atoms with Gasteiger partial charge in [-0.2, -0.15) is 0 Å². The lowest BCUT2D eigenvalue weighted by atomic mass is 10.1. The molecule has 1 unspecified atom stereocenters. The zero-order valence-corrected chi connectivity index (χ0v) is 8.70. The summed E-state index contributed by atoms with van der Waals surface area (Å²) in [6, 6.07) is 0.403. The Balaban J connectivity index is 2.91. The Morgan fingerprint density at radius 2 is 2.23 bits per heavy atom. The molecule has 1 atom stereocenters. The first kappa shape index (κ1) is 10.3. The van der Waals surface area contributed by atoms with Gasteiger partial charge in [0, 0.05) is 24.5 Å². The van der Waals surface area contributed by atoms with E-state index in [1.54, 1.807) is 0 Å². The zero-order chi connectivity index (χ0) is 9.84. The Morgan fingerprint density at radius 3 is 2.69 bits per heavy atom. The second-order valence-electron chi connectivity index (χ2n) is 3.68. The number of imidazole rings is 1. The molecule has 0 fully saturated rings. The van der Waals surface area contributed by atoms with Crippen molar-refractivity contribution in [1.29, 1.82) is 0 Å². The van der Waals surface area contributed by atoms with Crippen LogP contribution in [0.1, 0.15) is 44.8 Å². The van der Waals surface area contributed by atoms with Crippen molar-refractivity contribution >= 4 is 0 Å². The highest BCUT2D eigenvalue weighted by molar-refractivity contribution is 5.05. The predicted octanol–water partition coefficient (Wildman–Crippen LogP) is 1.92. The van der Waals surface area contributed by atoms with Crippen LogP contribution in [0.25, 0.3) is 0 Å². The number of hydrogen-bond donors (Lipinski definition) is 1. The van der Waals surface area contributed by atoms with Gasteiger partial charge in [0.15, 0.2) is 0 Å². The van der Waals surface area contributed by atoms with Crippen molar-refractivity contribution in [2.45, 2.75) is 39.2 Å². The van der Waals surface area contributed by atoms with Crippen LogP contribution >= 0.6 is 0 Å². The minimum absolute atomic E-state index is 0.403. The van der Waals surface area contributed by atoms with E-state index in [0.29, 0.717) is 18.5 Å². The first-order valence-electron chi connectivity index (χ1n) is 4.92. The molecule has 13 heavy (non-hydrogen) atoms. The molecular weight excluding hydrogens is 162 g/mol. The van der Waals surface area contributed by atoms with Gasteiger partial charge in [-0.1, -0.05) is 20.8 Å². The van der Waals surface area contributed by atoms with E-state index in [-0.39, 0.29) is 0 Å². The first-order valence-corrected chi connectivity index (χ1v) is 4.92. The average Bonchev–Trinajstić information content (AvgIpc) is 2.55. The summed E-state index contributed by atoms with van der Waals surface area (Å²) in [5, 5.41) is 0. The molecule has 0 radical (unpaired) electrons. The second-order valence-corrected chi connectivity index (χ2v) is 3.68. The largest absolute Gasteiger partial charge is 0.330 e. The summed E-state index contributed by atoms with van der Waals surface area (Å²) in [6.45, 7) is 7.20. The van der Waals surface area contributed by atoms with Crippen LogP contribution in [0.15, 0.2) is 12.5 Å². The second kappa shape index (κ2) is 4.42. The van der Waals surface area contributed by atoms with E-state index in [1.165, 1.54) is 5.69 Å². The molecule has 1 rings (SSSR count). The van der Waals surface area contributed by atoms with Crippen molar-refractivity contribution < 1.29 is 0 Å². The molecule has 2 N–H and O–H groups in total. The van der Waals surface area contributed by atoms with Crippen LogP contribution in [0.5, 0.6) is 0 Å². The third kappa shape index (κ3) is 2.10. The van der Waals surface area contributed by atoms with E-state index in [9.17, 15) is 0 Å². The van der Waals surface area contributed by atoms with Crippen molar-refractivity contribution in [1.82, 2.24) is 9.55 Å². The van der Waals surface area contributed by atoms with Gasteiger partial charge in [-0.3, -0.25) is 0 Å². The fraction of sp³-hybridized carbons (Fsp3) is 0.700. The number of nitrogens with zero attached hydrogens (tertiary/aromatic N) is 2. The van der Waals surface area contributed by atoms with Gasteiger partial charge in [-0.15, -0.1) is 0 Å². The van der Waals surface area contributed by atoms with Gasteiger partial charge >= 0.3 is 0 Å². The van der Waals surface area contributed by atoms with Gasteiger partial charge in [0.25, 0.3) is 0 Å². The Bertz CT molecular complexity index is 248. The molecule has 0 aliphatic rings. The van der Waals surface area contributed by atoms with Crippen LogP contribution < -0.4 is 5.73 Å². The fourth-order valence-electron chi connectivity index (χ4n) is 1.54. The van der Waals surface area contributed by atoms with Crippen LogP contribution in [0.2, 0.25) is 0 Å². The topological polar surface area (TPSA) is 43.8 Å².